The van der Waals surface area contributed by atoms with Crippen LogP contribution < -0.4 is 0 Å². The number of rotatable bonds is 4. The molecule has 0 fully saturated rings. The fraction of sp³-hybridized carbons (Fsp3) is 0.400. The van der Waals surface area contributed by atoms with Crippen LogP contribution in [0.3, 0.4) is 0 Å². The SMILES string of the molecule is C=CC(=C)[Si](C)(C)C=CCC. The van der Waals surface area contributed by atoms with Gasteiger partial charge in [-0.2, -0.15) is 0 Å². The van der Waals surface area contributed by atoms with Gasteiger partial charge < -0.3 is 0 Å². The molecule has 0 aromatic heterocycles. The van der Waals surface area contributed by atoms with Crippen LogP contribution in [-0.2, 0) is 0 Å². The molecule has 0 aromatic rings. The number of hydrogen-bond acceptors (Lipinski definition) is 0. The smallest absolute Gasteiger partial charge is 0.0994 e. The molecule has 0 nitrogen and oxygen atoms in total. The van der Waals surface area contributed by atoms with E-state index in [1.54, 1.807) is 0 Å². The lowest BCUT2D eigenvalue weighted by Gasteiger charge is -2.17. The van der Waals surface area contributed by atoms with Crippen molar-refractivity contribution in [3.8, 4) is 0 Å². The second-order valence-electron chi connectivity index (χ2n) is 3.26. The van der Waals surface area contributed by atoms with E-state index in [0.29, 0.717) is 0 Å². The first-order chi connectivity index (χ1) is 5.04. The van der Waals surface area contributed by atoms with Crippen molar-refractivity contribution in [1.82, 2.24) is 0 Å². The first kappa shape index (κ1) is 10.4. The first-order valence-corrected chi connectivity index (χ1v) is 7.12. The lowest BCUT2D eigenvalue weighted by molar-refractivity contribution is 1.23. The Morgan fingerprint density at radius 1 is 1.45 bits per heavy atom. The van der Waals surface area contributed by atoms with Crippen LogP contribution in [0.15, 0.2) is 36.2 Å². The maximum absolute atomic E-state index is 3.99. The van der Waals surface area contributed by atoms with Gasteiger partial charge in [0.15, 0.2) is 0 Å². The summed E-state index contributed by atoms with van der Waals surface area (Å²) in [4.78, 5) is 0. The first-order valence-electron chi connectivity index (χ1n) is 4.04. The van der Waals surface area contributed by atoms with E-state index in [-0.39, 0.29) is 0 Å². The minimum atomic E-state index is -1.32. The maximum atomic E-state index is 3.99. The van der Waals surface area contributed by atoms with Crippen LogP contribution in [0.25, 0.3) is 0 Å². The Morgan fingerprint density at radius 2 is 2.00 bits per heavy atom. The molecule has 0 N–H and O–H groups in total. The zero-order chi connectivity index (χ0) is 8.91. The Bertz CT molecular complexity index is 175. The van der Waals surface area contributed by atoms with Crippen molar-refractivity contribution in [3.05, 3.63) is 36.2 Å². The molecule has 11 heavy (non-hydrogen) atoms. The summed E-state index contributed by atoms with van der Waals surface area (Å²) >= 11 is 0. The summed E-state index contributed by atoms with van der Waals surface area (Å²) < 4.78 is 0. The highest BCUT2D eigenvalue weighted by molar-refractivity contribution is 6.89. The lowest BCUT2D eigenvalue weighted by Crippen LogP contribution is -2.24. The Hall–Kier alpha value is -0.563. The van der Waals surface area contributed by atoms with Crippen LogP contribution >= 0.6 is 0 Å². The van der Waals surface area contributed by atoms with Gasteiger partial charge >= 0.3 is 0 Å². The average Bonchev–Trinajstić information content (AvgIpc) is 1.99. The molecule has 0 atom stereocenters. The minimum Gasteiger partial charge on any atom is -0.0994 e. The third-order valence-electron chi connectivity index (χ3n) is 1.84. The number of allylic oxidation sites excluding steroid dienone is 3. The van der Waals surface area contributed by atoms with Crippen molar-refractivity contribution in [2.75, 3.05) is 0 Å². The summed E-state index contributed by atoms with van der Waals surface area (Å²) in [5.74, 6) is 0. The van der Waals surface area contributed by atoms with Crippen LogP contribution in [0.5, 0.6) is 0 Å². The molecular formula is C10H18Si. The van der Waals surface area contributed by atoms with Crippen LogP contribution in [0.1, 0.15) is 13.3 Å². The molecule has 0 spiro atoms. The molecule has 0 amide bonds. The van der Waals surface area contributed by atoms with E-state index in [9.17, 15) is 0 Å². The van der Waals surface area contributed by atoms with Crippen molar-refractivity contribution >= 4 is 8.07 Å². The van der Waals surface area contributed by atoms with Gasteiger partial charge in [0, 0.05) is 0 Å². The lowest BCUT2D eigenvalue weighted by atomic mass is 10.5. The summed E-state index contributed by atoms with van der Waals surface area (Å²) in [6.07, 6.45) is 5.22. The zero-order valence-electron chi connectivity index (χ0n) is 7.85. The van der Waals surface area contributed by atoms with E-state index >= 15 is 0 Å². The van der Waals surface area contributed by atoms with E-state index in [1.807, 2.05) is 6.08 Å². The average molecular weight is 166 g/mol. The highest BCUT2D eigenvalue weighted by atomic mass is 28.3. The highest BCUT2D eigenvalue weighted by Crippen LogP contribution is 2.15. The third-order valence-corrected chi connectivity index (χ3v) is 4.77. The van der Waals surface area contributed by atoms with E-state index in [4.69, 9.17) is 0 Å². The molecule has 0 aromatic carbocycles. The molecule has 0 aliphatic carbocycles. The Balaban J connectivity index is 4.32. The predicted octanol–water partition coefficient (Wildman–Crippen LogP) is 3.48. The Morgan fingerprint density at radius 3 is 2.36 bits per heavy atom. The quantitative estimate of drug-likeness (QED) is 0.443. The van der Waals surface area contributed by atoms with Crippen molar-refractivity contribution in [1.29, 1.82) is 0 Å². The van der Waals surface area contributed by atoms with E-state index < -0.39 is 8.07 Å². The fourth-order valence-electron chi connectivity index (χ4n) is 0.783. The minimum absolute atomic E-state index is 1.11. The van der Waals surface area contributed by atoms with Crippen molar-refractivity contribution in [2.45, 2.75) is 26.4 Å². The van der Waals surface area contributed by atoms with Crippen LogP contribution in [0, 0.1) is 0 Å². The fourth-order valence-corrected chi connectivity index (χ4v) is 2.35. The van der Waals surface area contributed by atoms with E-state index in [0.717, 1.165) is 6.42 Å². The van der Waals surface area contributed by atoms with Crippen LogP contribution in [-0.4, -0.2) is 8.07 Å². The summed E-state index contributed by atoms with van der Waals surface area (Å²) in [7, 11) is -1.32. The topological polar surface area (TPSA) is 0 Å². The molecule has 0 saturated heterocycles. The van der Waals surface area contributed by atoms with Gasteiger partial charge in [0.25, 0.3) is 0 Å². The summed E-state index contributed by atoms with van der Waals surface area (Å²) in [6.45, 7) is 14.4. The molecular weight excluding hydrogens is 148 g/mol. The standard InChI is InChI=1S/C10H18Si/c1-6-8-9-11(4,5)10(3)7-2/h7-9H,2-3,6H2,1,4-5H3. The van der Waals surface area contributed by atoms with Gasteiger partial charge in [-0.25, -0.2) is 0 Å². The highest BCUT2D eigenvalue weighted by Gasteiger charge is 2.17. The molecule has 0 saturated carbocycles. The third kappa shape index (κ3) is 3.37. The number of hydrogen-bond donors (Lipinski definition) is 0. The molecule has 0 rings (SSSR count). The predicted molar refractivity (Wildman–Crippen MR) is 56.3 cm³/mol. The summed E-state index contributed by atoms with van der Waals surface area (Å²) in [6, 6.07) is 0. The van der Waals surface area contributed by atoms with Crippen molar-refractivity contribution in [2.24, 2.45) is 0 Å². The van der Waals surface area contributed by atoms with Gasteiger partial charge in [0.05, 0.1) is 0 Å². The summed E-state index contributed by atoms with van der Waals surface area (Å²) in [5, 5.41) is 1.21. The van der Waals surface area contributed by atoms with Crippen molar-refractivity contribution < 1.29 is 0 Å². The van der Waals surface area contributed by atoms with Gasteiger partial charge in [0.1, 0.15) is 8.07 Å². The molecule has 0 aliphatic heterocycles. The van der Waals surface area contributed by atoms with Crippen molar-refractivity contribution in [3.63, 3.8) is 0 Å². The van der Waals surface area contributed by atoms with Crippen LogP contribution in [0.2, 0.25) is 13.1 Å². The monoisotopic (exact) mass is 166 g/mol. The largest absolute Gasteiger partial charge is 0.103 e. The molecule has 0 radical (unpaired) electrons. The molecule has 62 valence electrons. The Labute approximate surface area is 71.3 Å². The Kier molecular flexibility index (Phi) is 4.12. The van der Waals surface area contributed by atoms with E-state index in [1.165, 1.54) is 5.20 Å². The van der Waals surface area contributed by atoms with E-state index in [2.05, 4.69) is 45.0 Å². The van der Waals surface area contributed by atoms with Gasteiger partial charge in [-0.05, 0) is 6.42 Å². The summed E-state index contributed by atoms with van der Waals surface area (Å²) in [5.41, 5.74) is 2.32. The van der Waals surface area contributed by atoms with Gasteiger partial charge in [0.2, 0.25) is 0 Å². The van der Waals surface area contributed by atoms with Gasteiger partial charge in [-0.3, -0.25) is 0 Å². The molecule has 0 heterocycles. The zero-order valence-corrected chi connectivity index (χ0v) is 8.85. The molecule has 0 bridgehead atoms. The normalized spacial score (nSPS) is 11.9. The van der Waals surface area contributed by atoms with Gasteiger partial charge in [-0.15, -0.1) is 0 Å². The second kappa shape index (κ2) is 4.34. The molecule has 0 aliphatic rings. The second-order valence-corrected chi connectivity index (χ2v) is 7.68. The molecule has 0 unspecified atom stereocenters. The van der Waals surface area contributed by atoms with Gasteiger partial charge in [-0.1, -0.05) is 56.2 Å². The maximum Gasteiger partial charge on any atom is 0.103 e. The van der Waals surface area contributed by atoms with Crippen LogP contribution in [0.4, 0.5) is 0 Å². The molecule has 1 heteroatoms.